The van der Waals surface area contributed by atoms with Crippen LogP contribution in [0.25, 0.3) is 0 Å². The van der Waals surface area contributed by atoms with Crippen LogP contribution in [0.2, 0.25) is 0 Å². The van der Waals surface area contributed by atoms with Gasteiger partial charge in [0.15, 0.2) is 0 Å². The molecule has 0 aliphatic rings. The molecule has 0 fully saturated rings. The van der Waals surface area contributed by atoms with Gasteiger partial charge >= 0.3 is 53.7 Å². The Kier molecular flexibility index (Phi) is 17.1. The average Bonchev–Trinajstić information content (AvgIpc) is 1.72. The molecule has 4 N–H and O–H groups in total. The van der Waals surface area contributed by atoms with Gasteiger partial charge in [-0.3, -0.25) is 9.59 Å². The molecule has 14 heteroatoms. The molecule has 0 amide bonds. The Morgan fingerprint density at radius 2 is 1.00 bits per heavy atom. The van der Waals surface area contributed by atoms with E-state index in [0.29, 0.717) is 0 Å². The quantitative estimate of drug-likeness (QED) is 0.400. The fourth-order valence-electron chi connectivity index (χ4n) is 0.331. The topological polar surface area (TPSA) is 232 Å². The van der Waals surface area contributed by atoms with Crippen molar-refractivity contribution >= 4 is 27.1 Å². The minimum atomic E-state index is -4.82. The normalized spacial score (nSPS) is 10.0. The third-order valence-corrected chi connectivity index (χ3v) is 1.97. The molecule has 0 aromatic rings. The van der Waals surface area contributed by atoms with Crippen molar-refractivity contribution in [2.45, 2.75) is 0 Å². The summed E-state index contributed by atoms with van der Waals surface area (Å²) in [5.41, 5.74) is 0. The van der Waals surface area contributed by atoms with Gasteiger partial charge in [-0.25, -0.2) is 0 Å². The van der Waals surface area contributed by atoms with Gasteiger partial charge in [-0.05, 0) is 0 Å². The molecule has 0 rings (SSSR count). The number of aliphatic carboxylic acids is 2. The number of carboxylic acid groups (broad SMARTS) is 2. The second-order valence-corrected chi connectivity index (χ2v) is 5.40. The average molecular weight is 434 g/mol. The Labute approximate surface area is 134 Å². The van der Waals surface area contributed by atoms with E-state index < -0.39 is 39.5 Å². The molecule has 104 valence electrons. The zero-order valence-electron chi connectivity index (χ0n) is 8.47. The van der Waals surface area contributed by atoms with Gasteiger partial charge in [-0.15, -0.1) is 0 Å². The molecule has 0 saturated carbocycles. The molecule has 0 spiro atoms. The third kappa shape index (κ3) is 36.0. The van der Waals surface area contributed by atoms with E-state index in [2.05, 4.69) is 0 Å². The summed E-state index contributed by atoms with van der Waals surface area (Å²) in [5.74, 6) is -3.23. The molecule has 0 aromatic carbocycles. The van der Waals surface area contributed by atoms with Gasteiger partial charge in [-0.2, -0.15) is 0 Å². The summed E-state index contributed by atoms with van der Waals surface area (Å²) in [6.45, 7) is 0. The fraction of sp³-hybridized carbons (Fsp3) is 0.500. The van der Waals surface area contributed by atoms with E-state index in [1.54, 1.807) is 0 Å². The zero-order valence-corrected chi connectivity index (χ0v) is 13.4. The number of hydrogen-bond donors (Lipinski definition) is 2. The van der Waals surface area contributed by atoms with Crippen molar-refractivity contribution in [3.05, 3.63) is 0 Å². The molecule has 0 heterocycles. The molecule has 0 saturated heterocycles. The Balaban J connectivity index is -0.0000000980. The Morgan fingerprint density at radius 3 is 1.00 bits per heavy atom. The molecule has 0 aromatic heterocycles. The minimum Gasteiger partial charge on any atom is -0.810 e. The van der Waals surface area contributed by atoms with E-state index >= 15 is 0 Å². The molecule has 18 heavy (non-hydrogen) atoms. The van der Waals surface area contributed by atoms with Gasteiger partial charge < -0.3 is 44.4 Å². The third-order valence-electron chi connectivity index (χ3n) is 0.658. The monoisotopic (exact) mass is 434 g/mol. The molecule has 0 radical (unpaired) electrons. The number of rotatable bonds is 4. The van der Waals surface area contributed by atoms with Crippen LogP contribution in [0, 0.1) is 41.7 Å². The first-order valence-corrected chi connectivity index (χ1v) is 6.75. The zero-order chi connectivity index (χ0) is 13.6. The summed E-state index contributed by atoms with van der Waals surface area (Å²) in [4.78, 5) is 57.0. The smallest absolute Gasteiger partial charge is 0.810 e. The maximum Gasteiger partial charge on any atom is 4.00 e. The van der Waals surface area contributed by atoms with E-state index in [1.807, 2.05) is 0 Å². The summed E-state index contributed by atoms with van der Waals surface area (Å²) >= 11 is 0. The van der Waals surface area contributed by atoms with Crippen molar-refractivity contribution in [1.82, 2.24) is 0 Å². The van der Waals surface area contributed by atoms with Crippen LogP contribution in [0.4, 0.5) is 0 Å². The molecular weight excluding hydrogens is 426 g/mol. The van der Waals surface area contributed by atoms with Crippen molar-refractivity contribution in [3.8, 4) is 0 Å². The molecule has 0 atom stereocenters. The van der Waals surface area contributed by atoms with E-state index in [-0.39, 0.29) is 47.2 Å². The molecule has 0 unspecified atom stereocenters. The molecule has 0 bridgehead atoms. The van der Waals surface area contributed by atoms with Crippen LogP contribution in [0.5, 0.6) is 0 Å². The molecule has 0 aliphatic carbocycles. The first-order chi connectivity index (χ1) is 6.83. The number of carbonyl (C=O) groups is 2. The van der Waals surface area contributed by atoms with Crippen molar-refractivity contribution < 1.29 is 95.7 Å². The number of hydrogen-bond acceptors (Lipinski definition) is 8. The first kappa shape index (κ1) is 27.0. The van der Waals surface area contributed by atoms with Crippen LogP contribution in [-0.4, -0.2) is 40.0 Å². The summed E-state index contributed by atoms with van der Waals surface area (Å²) in [6.07, 6.45) is -2.63. The largest absolute Gasteiger partial charge is 4.00 e. The van der Waals surface area contributed by atoms with Crippen LogP contribution >= 0.6 is 15.2 Å². The second kappa shape index (κ2) is 11.4. The number of carboxylic acids is 2. The van der Waals surface area contributed by atoms with Crippen molar-refractivity contribution in [3.63, 3.8) is 0 Å². The van der Waals surface area contributed by atoms with Gasteiger partial charge in [0.1, 0.15) is 0 Å². The fourth-order valence-corrected chi connectivity index (χ4v) is 0.994. The van der Waals surface area contributed by atoms with Crippen molar-refractivity contribution in [2.24, 2.45) is 0 Å². The van der Waals surface area contributed by atoms with E-state index in [1.165, 1.54) is 0 Å². The predicted molar refractivity (Wildman–Crippen MR) is 43.8 cm³/mol. The maximum absolute atomic E-state index is 9.53. The van der Waals surface area contributed by atoms with E-state index in [0.717, 1.165) is 0 Å². The van der Waals surface area contributed by atoms with Crippen LogP contribution < -0.4 is 19.6 Å². The van der Waals surface area contributed by atoms with E-state index in [9.17, 15) is 38.3 Å². The second-order valence-electron chi connectivity index (χ2n) is 2.33. The SMILES string of the molecule is O.O=C(O)CP(=O)([O-])[O-].O=C(O)CP(=O)([O-])[O-].[Ce+4]. The molecular formula is C4H8CeO11P2. The van der Waals surface area contributed by atoms with Crippen LogP contribution in [-0.2, 0) is 18.7 Å². The Morgan fingerprint density at radius 1 is 0.833 bits per heavy atom. The molecule has 11 nitrogen and oxygen atoms in total. The predicted octanol–water partition coefficient (Wildman–Crippen LogP) is -4.86. The maximum atomic E-state index is 9.53. The van der Waals surface area contributed by atoms with E-state index in [4.69, 9.17) is 10.2 Å². The minimum absolute atomic E-state index is 0. The first-order valence-electron chi connectivity index (χ1n) is 3.29. The summed E-state index contributed by atoms with van der Waals surface area (Å²) in [7, 11) is -9.64. The van der Waals surface area contributed by atoms with Gasteiger partial charge in [-0.1, -0.05) is 15.2 Å². The van der Waals surface area contributed by atoms with Gasteiger partial charge in [0.05, 0.1) is 12.3 Å². The van der Waals surface area contributed by atoms with Crippen LogP contribution in [0.15, 0.2) is 0 Å². The summed E-state index contributed by atoms with van der Waals surface area (Å²) < 4.78 is 19.1. The Bertz CT molecular complexity index is 307. The van der Waals surface area contributed by atoms with Crippen molar-refractivity contribution in [2.75, 3.05) is 12.3 Å². The van der Waals surface area contributed by atoms with Crippen molar-refractivity contribution in [1.29, 1.82) is 0 Å². The molecule has 0 aliphatic heterocycles. The van der Waals surface area contributed by atoms with Crippen LogP contribution in [0.3, 0.4) is 0 Å². The standard InChI is InChI=1S/2C2H5O5P.Ce.H2O/c2*3-2(4)1-8(5,6)7;;/h2*1H2,(H,3,4)(H2,5,6,7);;1H2/q;;+4;/p-4. The van der Waals surface area contributed by atoms with Gasteiger partial charge in [0, 0.05) is 0 Å². The van der Waals surface area contributed by atoms with Gasteiger partial charge in [0.25, 0.3) is 0 Å². The summed E-state index contributed by atoms with van der Waals surface area (Å²) in [5, 5.41) is 15.4. The van der Waals surface area contributed by atoms with Crippen LogP contribution in [0.1, 0.15) is 0 Å². The summed E-state index contributed by atoms with van der Waals surface area (Å²) in [6, 6.07) is 0. The Hall–Kier alpha value is 0.577. The van der Waals surface area contributed by atoms with Gasteiger partial charge in [0.2, 0.25) is 0 Å².